The first kappa shape index (κ1) is 34.9. The Balaban J connectivity index is 1.30. The molecule has 1 N–H and O–H groups in total. The normalized spacial score (nSPS) is 15.7. The summed E-state index contributed by atoms with van der Waals surface area (Å²) in [6.45, 7) is 8.28. The number of alkyl carbamates (subject to hydrolysis) is 1. The van der Waals surface area contributed by atoms with Gasteiger partial charge in [-0.05, 0) is 81.8 Å². The first-order valence-corrected chi connectivity index (χ1v) is 16.9. The number of aryl methyl sites for hydroxylation is 1. The predicted molar refractivity (Wildman–Crippen MR) is 190 cm³/mol. The zero-order valence-electron chi connectivity index (χ0n) is 29.2. The molecule has 5 rings (SSSR count). The number of methoxy groups -OCH3 is 1. The number of nitrogens with zero attached hydrogens (tertiary/aromatic N) is 5. The molecule has 0 spiro atoms. The van der Waals surface area contributed by atoms with Gasteiger partial charge in [-0.2, -0.15) is 0 Å². The van der Waals surface area contributed by atoms with E-state index >= 15 is 0 Å². The number of amides is 2. The van der Waals surface area contributed by atoms with Crippen LogP contribution in [0.5, 0.6) is 0 Å². The van der Waals surface area contributed by atoms with Gasteiger partial charge in [0.2, 0.25) is 5.91 Å². The lowest BCUT2D eigenvalue weighted by atomic mass is 9.95. The van der Waals surface area contributed by atoms with Crippen molar-refractivity contribution < 1.29 is 19.1 Å². The van der Waals surface area contributed by atoms with E-state index in [2.05, 4.69) is 57.3 Å². The number of rotatable bonds is 12. The Kier molecular flexibility index (Phi) is 11.4. The fourth-order valence-corrected chi connectivity index (χ4v) is 6.35. The van der Waals surface area contributed by atoms with Gasteiger partial charge in [0.15, 0.2) is 0 Å². The number of carbonyl (C=O) groups is 2. The van der Waals surface area contributed by atoms with Gasteiger partial charge in [0, 0.05) is 77.6 Å². The number of benzene rings is 2. The number of anilines is 1. The van der Waals surface area contributed by atoms with Crippen molar-refractivity contribution in [3.8, 4) is 11.1 Å². The van der Waals surface area contributed by atoms with Crippen LogP contribution < -0.4 is 10.2 Å². The van der Waals surface area contributed by atoms with Crippen LogP contribution in [0.1, 0.15) is 63.8 Å². The topological polar surface area (TPSA) is 102 Å². The maximum atomic E-state index is 13.9. The Morgan fingerprint density at radius 1 is 1.04 bits per heavy atom. The lowest BCUT2D eigenvalue weighted by molar-refractivity contribution is -0.132. The number of likely N-dealkylation sites (tertiary alicyclic amines) is 1. The third kappa shape index (κ3) is 9.13. The van der Waals surface area contributed by atoms with Crippen LogP contribution in [0.25, 0.3) is 22.2 Å². The van der Waals surface area contributed by atoms with Gasteiger partial charge in [-0.1, -0.05) is 36.4 Å². The summed E-state index contributed by atoms with van der Waals surface area (Å²) < 4.78 is 13.2. The van der Waals surface area contributed by atoms with Gasteiger partial charge in [0.1, 0.15) is 17.2 Å². The maximum Gasteiger partial charge on any atom is 0.407 e. The molecule has 4 aromatic rings. The van der Waals surface area contributed by atoms with E-state index in [9.17, 15) is 9.59 Å². The molecule has 0 bridgehead atoms. The first-order valence-electron chi connectivity index (χ1n) is 16.9. The quantitative estimate of drug-likeness (QED) is 0.176. The van der Waals surface area contributed by atoms with Crippen LogP contribution in [-0.2, 0) is 27.2 Å². The average molecular weight is 655 g/mol. The summed E-state index contributed by atoms with van der Waals surface area (Å²) in [4.78, 5) is 40.3. The molecule has 2 atom stereocenters. The lowest BCUT2D eigenvalue weighted by Gasteiger charge is -2.34. The van der Waals surface area contributed by atoms with Crippen LogP contribution in [-0.4, -0.2) is 84.0 Å². The zero-order valence-corrected chi connectivity index (χ0v) is 29.2. The predicted octanol–water partition coefficient (Wildman–Crippen LogP) is 6.43. The fraction of sp³-hybridized carbons (Fsp3) is 0.474. The molecule has 2 amide bonds. The number of hydrogen-bond donors (Lipinski definition) is 1. The minimum atomic E-state index is -0.648. The summed E-state index contributed by atoms with van der Waals surface area (Å²) >= 11 is 0. The number of aromatic nitrogens is 3. The molecule has 1 saturated heterocycles. The van der Waals surface area contributed by atoms with Crippen molar-refractivity contribution >= 4 is 28.9 Å². The smallest absolute Gasteiger partial charge is 0.407 e. The van der Waals surface area contributed by atoms with E-state index in [0.29, 0.717) is 26.1 Å². The van der Waals surface area contributed by atoms with Crippen molar-refractivity contribution in [2.45, 2.75) is 77.0 Å². The highest BCUT2D eigenvalue weighted by Crippen LogP contribution is 2.30. The molecule has 0 radical (unpaired) electrons. The molecule has 48 heavy (non-hydrogen) atoms. The molecular weight excluding hydrogens is 604 g/mol. The molecule has 1 aliphatic heterocycles. The Hall–Kier alpha value is -4.44. The molecule has 2 aromatic heterocycles. The van der Waals surface area contributed by atoms with Gasteiger partial charge >= 0.3 is 6.09 Å². The lowest BCUT2D eigenvalue weighted by Crippen LogP contribution is -2.46. The summed E-state index contributed by atoms with van der Waals surface area (Å²) in [6.07, 6.45) is 4.77. The Bertz CT molecular complexity index is 1660. The van der Waals surface area contributed by atoms with E-state index in [0.717, 1.165) is 65.2 Å². The van der Waals surface area contributed by atoms with Crippen LogP contribution in [0.4, 0.5) is 10.6 Å². The van der Waals surface area contributed by atoms with E-state index in [1.165, 1.54) is 0 Å². The second-order valence-corrected chi connectivity index (χ2v) is 13.9. The van der Waals surface area contributed by atoms with Crippen molar-refractivity contribution in [1.82, 2.24) is 24.8 Å². The van der Waals surface area contributed by atoms with Crippen LogP contribution in [0, 0.1) is 0 Å². The molecule has 256 valence electrons. The fourth-order valence-electron chi connectivity index (χ4n) is 6.35. The standard InChI is InChI=1S/C38H50N6O4/c1-38(2,3)48-37(46)40-31(23-27-14-16-28(17-15-27)29-18-19-34(39-25-29)42(4)5)24-35(45)43-20-9-11-30(26-43)36-41-32-12-7-8-13-33(32)44(36)21-10-22-47-6/h7-8,12-19,25,30-31H,9-11,20-24,26H2,1-6H3,(H,40,46)/t30-,31-/m1/s1. The molecule has 2 aromatic carbocycles. The molecule has 1 fully saturated rings. The Morgan fingerprint density at radius 3 is 2.48 bits per heavy atom. The van der Waals surface area contributed by atoms with Crippen molar-refractivity contribution in [1.29, 1.82) is 0 Å². The molecule has 10 nitrogen and oxygen atoms in total. The Morgan fingerprint density at radius 2 is 1.79 bits per heavy atom. The third-order valence-electron chi connectivity index (χ3n) is 8.67. The molecule has 3 heterocycles. The van der Waals surface area contributed by atoms with Gasteiger partial charge in [0.05, 0.1) is 11.0 Å². The number of carbonyl (C=O) groups excluding carboxylic acids is 2. The highest BCUT2D eigenvalue weighted by atomic mass is 16.6. The van der Waals surface area contributed by atoms with Crippen LogP contribution in [0.2, 0.25) is 0 Å². The SMILES string of the molecule is COCCCn1c([C@@H]2CCCN(C(=O)C[C@@H](Cc3ccc(-c4ccc(N(C)C)nc4)cc3)NC(=O)OC(C)(C)C)C2)nc2ccccc21. The zero-order chi connectivity index (χ0) is 34.3. The molecule has 10 heteroatoms. The number of para-hydroxylation sites is 2. The number of fused-ring (bicyclic) bond motifs is 1. The number of imidazole rings is 1. The maximum absolute atomic E-state index is 13.9. The minimum Gasteiger partial charge on any atom is -0.444 e. The van der Waals surface area contributed by atoms with E-state index in [1.54, 1.807) is 7.11 Å². The van der Waals surface area contributed by atoms with Crippen molar-refractivity contribution in [2.75, 3.05) is 45.8 Å². The van der Waals surface area contributed by atoms with Gasteiger partial charge in [0.25, 0.3) is 0 Å². The highest BCUT2D eigenvalue weighted by Gasteiger charge is 2.30. The Labute approximate surface area is 284 Å². The summed E-state index contributed by atoms with van der Waals surface area (Å²) in [7, 11) is 5.66. The second-order valence-electron chi connectivity index (χ2n) is 13.9. The van der Waals surface area contributed by atoms with Gasteiger partial charge in [-0.3, -0.25) is 4.79 Å². The summed E-state index contributed by atoms with van der Waals surface area (Å²) in [5.41, 5.74) is 4.54. The number of hydrogen-bond acceptors (Lipinski definition) is 7. The third-order valence-corrected chi connectivity index (χ3v) is 8.67. The van der Waals surface area contributed by atoms with Crippen molar-refractivity contribution in [3.63, 3.8) is 0 Å². The summed E-state index contributed by atoms with van der Waals surface area (Å²) in [6, 6.07) is 20.1. The molecule has 0 aliphatic carbocycles. The number of ether oxygens (including phenoxy) is 2. The van der Waals surface area contributed by atoms with Gasteiger partial charge < -0.3 is 29.2 Å². The van der Waals surface area contributed by atoms with Gasteiger partial charge in [-0.25, -0.2) is 14.8 Å². The van der Waals surface area contributed by atoms with E-state index in [-0.39, 0.29) is 18.2 Å². The van der Waals surface area contributed by atoms with Gasteiger partial charge in [-0.15, -0.1) is 0 Å². The first-order chi connectivity index (χ1) is 23.0. The summed E-state index contributed by atoms with van der Waals surface area (Å²) in [5.74, 6) is 2.08. The monoisotopic (exact) mass is 654 g/mol. The molecule has 0 saturated carbocycles. The summed E-state index contributed by atoms with van der Waals surface area (Å²) in [5, 5.41) is 3.00. The number of piperidine rings is 1. The van der Waals surface area contributed by atoms with E-state index in [4.69, 9.17) is 14.5 Å². The van der Waals surface area contributed by atoms with E-state index in [1.807, 2.05) is 69.1 Å². The van der Waals surface area contributed by atoms with Crippen LogP contribution in [0.3, 0.4) is 0 Å². The average Bonchev–Trinajstić information content (AvgIpc) is 3.43. The highest BCUT2D eigenvalue weighted by molar-refractivity contribution is 5.79. The molecule has 1 aliphatic rings. The van der Waals surface area contributed by atoms with Crippen molar-refractivity contribution in [2.24, 2.45) is 0 Å². The number of nitrogens with one attached hydrogen (secondary N) is 1. The minimum absolute atomic E-state index is 0.0199. The number of pyridine rings is 1. The molecule has 0 unspecified atom stereocenters. The van der Waals surface area contributed by atoms with Crippen LogP contribution >= 0.6 is 0 Å². The van der Waals surface area contributed by atoms with Crippen LogP contribution in [0.15, 0.2) is 66.9 Å². The van der Waals surface area contributed by atoms with Crippen molar-refractivity contribution in [3.05, 3.63) is 78.2 Å². The second kappa shape index (κ2) is 15.6. The van der Waals surface area contributed by atoms with E-state index < -0.39 is 17.7 Å². The molecular formula is C38H50N6O4. The largest absolute Gasteiger partial charge is 0.444 e.